The predicted molar refractivity (Wildman–Crippen MR) is 105 cm³/mol. The van der Waals surface area contributed by atoms with E-state index < -0.39 is 0 Å². The molecule has 0 spiro atoms. The summed E-state index contributed by atoms with van der Waals surface area (Å²) in [5.41, 5.74) is 2.61. The van der Waals surface area contributed by atoms with E-state index >= 15 is 0 Å². The van der Waals surface area contributed by atoms with Gasteiger partial charge in [0.1, 0.15) is 11.3 Å². The van der Waals surface area contributed by atoms with Gasteiger partial charge < -0.3 is 4.42 Å². The lowest BCUT2D eigenvalue weighted by Gasteiger charge is -1.99. The van der Waals surface area contributed by atoms with Gasteiger partial charge in [-0.05, 0) is 41.4 Å². The molecule has 3 aromatic heterocycles. The Hall–Kier alpha value is -1.34. The number of aromatic nitrogens is 4. The van der Waals surface area contributed by atoms with Gasteiger partial charge in [0, 0.05) is 16.4 Å². The molecule has 0 unspecified atom stereocenters. The van der Waals surface area contributed by atoms with Gasteiger partial charge in [0.2, 0.25) is 0 Å². The molecule has 0 aliphatic rings. The van der Waals surface area contributed by atoms with Gasteiger partial charge in [-0.2, -0.15) is 0 Å². The molecule has 7 heteroatoms. The third kappa shape index (κ3) is 4.64. The van der Waals surface area contributed by atoms with Gasteiger partial charge in [-0.1, -0.05) is 50.8 Å². The summed E-state index contributed by atoms with van der Waals surface area (Å²) in [6, 6.07) is 3.94. The summed E-state index contributed by atoms with van der Waals surface area (Å²) in [5, 5.41) is 9.04. The van der Waals surface area contributed by atoms with E-state index in [4.69, 9.17) is 4.42 Å². The highest BCUT2D eigenvalue weighted by atomic mass is 79.9. The maximum absolute atomic E-state index is 5.87. The van der Waals surface area contributed by atoms with Gasteiger partial charge >= 0.3 is 0 Å². The zero-order valence-electron chi connectivity index (χ0n) is 14.7. The van der Waals surface area contributed by atoms with Crippen molar-refractivity contribution in [3.8, 4) is 11.6 Å². The van der Waals surface area contributed by atoms with Gasteiger partial charge in [-0.3, -0.25) is 4.40 Å². The minimum Gasteiger partial charge on any atom is -0.410 e. The molecule has 0 N–H and O–H groups in total. The molecule has 25 heavy (non-hydrogen) atoms. The Morgan fingerprint density at radius 3 is 2.76 bits per heavy atom. The van der Waals surface area contributed by atoms with Crippen molar-refractivity contribution in [1.82, 2.24) is 19.6 Å². The van der Waals surface area contributed by atoms with E-state index in [2.05, 4.69) is 38.0 Å². The Morgan fingerprint density at radius 1 is 1.12 bits per heavy atom. The second-order valence-corrected chi connectivity index (χ2v) is 8.07. The molecule has 0 saturated heterocycles. The van der Waals surface area contributed by atoms with Gasteiger partial charge in [-0.25, -0.2) is 4.98 Å². The van der Waals surface area contributed by atoms with Crippen LogP contribution in [0.2, 0.25) is 0 Å². The summed E-state index contributed by atoms with van der Waals surface area (Å²) < 4.78 is 8.83. The van der Waals surface area contributed by atoms with Crippen molar-refractivity contribution >= 4 is 33.3 Å². The fraction of sp³-hybridized carbons (Fsp3) is 0.500. The molecule has 0 saturated carbocycles. The third-order valence-electron chi connectivity index (χ3n) is 4.09. The van der Waals surface area contributed by atoms with Crippen molar-refractivity contribution < 1.29 is 4.42 Å². The van der Waals surface area contributed by atoms with E-state index in [1.165, 1.54) is 38.5 Å². The third-order valence-corrected chi connectivity index (χ3v) is 5.46. The molecule has 0 bridgehead atoms. The molecule has 0 aromatic carbocycles. The van der Waals surface area contributed by atoms with Crippen molar-refractivity contribution in [2.75, 3.05) is 5.75 Å². The van der Waals surface area contributed by atoms with Crippen LogP contribution in [0.5, 0.6) is 0 Å². The van der Waals surface area contributed by atoms with E-state index in [1.807, 2.05) is 29.7 Å². The van der Waals surface area contributed by atoms with Gasteiger partial charge in [-0.15, -0.1) is 10.2 Å². The number of unbranched alkanes of at least 4 members (excludes halogenated alkanes) is 5. The fourth-order valence-electron chi connectivity index (χ4n) is 2.80. The zero-order valence-corrected chi connectivity index (χ0v) is 17.1. The van der Waals surface area contributed by atoms with Crippen LogP contribution in [0.25, 0.3) is 17.2 Å². The van der Waals surface area contributed by atoms with Crippen LogP contribution >= 0.6 is 27.7 Å². The van der Waals surface area contributed by atoms with Crippen LogP contribution in [0.3, 0.4) is 0 Å². The number of imidazole rings is 1. The quantitative estimate of drug-likeness (QED) is 0.316. The second-order valence-electron chi connectivity index (χ2n) is 6.11. The lowest BCUT2D eigenvalue weighted by Crippen LogP contribution is -1.89. The molecule has 0 aliphatic carbocycles. The van der Waals surface area contributed by atoms with E-state index in [9.17, 15) is 0 Å². The van der Waals surface area contributed by atoms with E-state index in [0.29, 0.717) is 11.1 Å². The Labute approximate surface area is 160 Å². The highest BCUT2D eigenvalue weighted by molar-refractivity contribution is 9.10. The average molecular weight is 423 g/mol. The summed E-state index contributed by atoms with van der Waals surface area (Å²) in [6.45, 7) is 4.21. The monoisotopic (exact) mass is 422 g/mol. The van der Waals surface area contributed by atoms with Crippen LogP contribution in [0.15, 0.2) is 32.4 Å². The Bertz CT molecular complexity index is 830. The Morgan fingerprint density at radius 2 is 1.92 bits per heavy atom. The van der Waals surface area contributed by atoms with Crippen LogP contribution in [-0.4, -0.2) is 25.3 Å². The molecule has 0 fully saturated rings. The Kier molecular flexibility index (Phi) is 6.53. The molecule has 3 heterocycles. The molecule has 5 nitrogen and oxygen atoms in total. The number of rotatable bonds is 9. The van der Waals surface area contributed by atoms with Crippen molar-refractivity contribution in [3.05, 3.63) is 28.5 Å². The molecule has 0 amide bonds. The minimum absolute atomic E-state index is 0.522. The topological polar surface area (TPSA) is 56.2 Å². The summed E-state index contributed by atoms with van der Waals surface area (Å²) in [7, 11) is 0. The van der Waals surface area contributed by atoms with E-state index in [-0.39, 0.29) is 0 Å². The Balaban J connectivity index is 1.62. The standard InChI is InChI=1S/C18H23BrN4OS/c1-3-4-5-6-7-8-11-25-18-22-21-17(24-18)16-13(2)20-15-10-9-14(19)12-23(15)16/h9-10,12H,3-8,11H2,1-2H3. The summed E-state index contributed by atoms with van der Waals surface area (Å²) in [6.07, 6.45) is 9.72. The van der Waals surface area contributed by atoms with Crippen molar-refractivity contribution in [2.24, 2.45) is 0 Å². The highest BCUT2D eigenvalue weighted by Crippen LogP contribution is 2.28. The fourth-order valence-corrected chi connectivity index (χ4v) is 3.90. The maximum atomic E-state index is 5.87. The average Bonchev–Trinajstić information content (AvgIpc) is 3.17. The molecule has 0 radical (unpaired) electrons. The first-order valence-electron chi connectivity index (χ1n) is 8.80. The first-order valence-corrected chi connectivity index (χ1v) is 10.6. The zero-order chi connectivity index (χ0) is 17.6. The number of hydrogen-bond acceptors (Lipinski definition) is 5. The molecule has 0 atom stereocenters. The van der Waals surface area contributed by atoms with Crippen LogP contribution < -0.4 is 0 Å². The van der Waals surface area contributed by atoms with Gasteiger partial charge in [0.15, 0.2) is 0 Å². The van der Waals surface area contributed by atoms with Crippen molar-refractivity contribution in [1.29, 1.82) is 0 Å². The molecular formula is C18H23BrN4OS. The van der Waals surface area contributed by atoms with Crippen LogP contribution in [0.4, 0.5) is 0 Å². The highest BCUT2D eigenvalue weighted by Gasteiger charge is 2.17. The van der Waals surface area contributed by atoms with Crippen LogP contribution in [0, 0.1) is 6.92 Å². The molecule has 134 valence electrons. The van der Waals surface area contributed by atoms with E-state index in [1.54, 1.807) is 11.8 Å². The first-order chi connectivity index (χ1) is 12.2. The SMILES string of the molecule is CCCCCCCCSc1nnc(-c2c(C)nc3ccc(Br)cn23)o1. The number of halogens is 1. The first kappa shape index (κ1) is 18.5. The molecule has 3 rings (SSSR count). The van der Waals surface area contributed by atoms with Crippen molar-refractivity contribution in [3.63, 3.8) is 0 Å². The number of pyridine rings is 1. The van der Waals surface area contributed by atoms with E-state index in [0.717, 1.165) is 27.3 Å². The van der Waals surface area contributed by atoms with Gasteiger partial charge in [0.05, 0.1) is 5.69 Å². The predicted octanol–water partition coefficient (Wildman–Crippen LogP) is 5.91. The van der Waals surface area contributed by atoms with Crippen LogP contribution in [0.1, 0.15) is 51.1 Å². The normalized spacial score (nSPS) is 11.5. The van der Waals surface area contributed by atoms with Gasteiger partial charge in [0.25, 0.3) is 11.1 Å². The van der Waals surface area contributed by atoms with Crippen molar-refractivity contribution in [2.45, 2.75) is 57.6 Å². The summed E-state index contributed by atoms with van der Waals surface area (Å²) in [4.78, 5) is 4.56. The maximum Gasteiger partial charge on any atom is 0.276 e. The molecule has 3 aromatic rings. The smallest absolute Gasteiger partial charge is 0.276 e. The minimum atomic E-state index is 0.522. The largest absolute Gasteiger partial charge is 0.410 e. The summed E-state index contributed by atoms with van der Waals surface area (Å²) in [5.74, 6) is 1.54. The van der Waals surface area contributed by atoms with Crippen LogP contribution in [-0.2, 0) is 0 Å². The number of fused-ring (bicyclic) bond motifs is 1. The lowest BCUT2D eigenvalue weighted by molar-refractivity contribution is 0.463. The number of nitrogens with zero attached hydrogens (tertiary/aromatic N) is 4. The number of thioether (sulfide) groups is 1. The number of hydrogen-bond donors (Lipinski definition) is 0. The molecule has 0 aliphatic heterocycles. The second kappa shape index (κ2) is 8.85. The molecular weight excluding hydrogens is 400 g/mol. The number of aryl methyl sites for hydroxylation is 1. The lowest BCUT2D eigenvalue weighted by atomic mass is 10.1. The summed E-state index contributed by atoms with van der Waals surface area (Å²) >= 11 is 5.14.